The number of nitrogens with zero attached hydrogens (tertiary/aromatic N) is 1. The second-order valence-corrected chi connectivity index (χ2v) is 4.15. The van der Waals surface area contributed by atoms with Gasteiger partial charge in [-0.1, -0.05) is 18.5 Å². The molecule has 1 fully saturated rings. The van der Waals surface area contributed by atoms with Crippen LogP contribution in [0.2, 0.25) is 5.02 Å². The third-order valence-electron chi connectivity index (χ3n) is 2.55. The van der Waals surface area contributed by atoms with Crippen molar-refractivity contribution in [3.8, 4) is 0 Å². The van der Waals surface area contributed by atoms with Crippen molar-refractivity contribution in [2.24, 2.45) is 11.8 Å². The van der Waals surface area contributed by atoms with E-state index in [1.807, 2.05) is 12.1 Å². The molecule has 3 heteroatoms. The van der Waals surface area contributed by atoms with Gasteiger partial charge in [-0.15, -0.1) is 0 Å². The van der Waals surface area contributed by atoms with E-state index in [1.54, 1.807) is 6.20 Å². The molecule has 0 aromatic carbocycles. The van der Waals surface area contributed by atoms with Gasteiger partial charge in [-0.25, -0.2) is 4.98 Å². The van der Waals surface area contributed by atoms with Gasteiger partial charge >= 0.3 is 0 Å². The van der Waals surface area contributed by atoms with Crippen LogP contribution in [0.3, 0.4) is 0 Å². The average Bonchev–Trinajstić information content (AvgIpc) is 2.81. The summed E-state index contributed by atoms with van der Waals surface area (Å²) in [5.74, 6) is 2.65. The largest absolute Gasteiger partial charge is 0.370 e. The Balaban J connectivity index is 1.84. The molecule has 13 heavy (non-hydrogen) atoms. The maximum absolute atomic E-state index is 5.72. The zero-order chi connectivity index (χ0) is 9.26. The number of anilines is 1. The van der Waals surface area contributed by atoms with Gasteiger partial charge in [0, 0.05) is 12.7 Å². The number of halogens is 1. The molecule has 0 saturated heterocycles. The highest BCUT2D eigenvalue weighted by atomic mass is 35.5. The highest BCUT2D eigenvalue weighted by molar-refractivity contribution is 6.30. The SMILES string of the molecule is CC1CC1CNc1ccc(Cl)cn1. The van der Waals surface area contributed by atoms with Crippen LogP contribution in [0.25, 0.3) is 0 Å². The van der Waals surface area contributed by atoms with Crippen molar-refractivity contribution in [2.75, 3.05) is 11.9 Å². The Morgan fingerprint density at radius 2 is 2.38 bits per heavy atom. The van der Waals surface area contributed by atoms with Crippen LogP contribution in [0, 0.1) is 11.8 Å². The van der Waals surface area contributed by atoms with Crippen LogP contribution in [-0.2, 0) is 0 Å². The lowest BCUT2D eigenvalue weighted by atomic mass is 10.3. The van der Waals surface area contributed by atoms with E-state index in [9.17, 15) is 0 Å². The van der Waals surface area contributed by atoms with E-state index < -0.39 is 0 Å². The molecule has 1 aliphatic rings. The monoisotopic (exact) mass is 196 g/mol. The fraction of sp³-hybridized carbons (Fsp3) is 0.500. The molecular weight excluding hydrogens is 184 g/mol. The molecule has 2 atom stereocenters. The zero-order valence-corrected chi connectivity index (χ0v) is 8.38. The van der Waals surface area contributed by atoms with Crippen molar-refractivity contribution in [3.63, 3.8) is 0 Å². The molecule has 0 aliphatic heterocycles. The molecule has 1 aromatic heterocycles. The normalized spacial score (nSPS) is 25.7. The summed E-state index contributed by atoms with van der Waals surface area (Å²) in [5, 5.41) is 3.98. The van der Waals surface area contributed by atoms with Crippen LogP contribution in [0.4, 0.5) is 5.82 Å². The molecule has 2 nitrogen and oxygen atoms in total. The second kappa shape index (κ2) is 3.54. The summed E-state index contributed by atoms with van der Waals surface area (Å²) in [7, 11) is 0. The first-order valence-electron chi connectivity index (χ1n) is 4.61. The molecule has 1 saturated carbocycles. The Morgan fingerprint density at radius 1 is 1.62 bits per heavy atom. The third kappa shape index (κ3) is 2.34. The first-order chi connectivity index (χ1) is 6.25. The number of rotatable bonds is 3. The summed E-state index contributed by atoms with van der Waals surface area (Å²) >= 11 is 5.72. The van der Waals surface area contributed by atoms with Crippen LogP contribution >= 0.6 is 11.6 Å². The van der Waals surface area contributed by atoms with Crippen molar-refractivity contribution in [1.29, 1.82) is 0 Å². The molecule has 1 heterocycles. The maximum atomic E-state index is 5.72. The topological polar surface area (TPSA) is 24.9 Å². The molecular formula is C10H13ClN2. The lowest BCUT2D eigenvalue weighted by Crippen LogP contribution is -2.05. The first kappa shape index (κ1) is 8.82. The van der Waals surface area contributed by atoms with Gasteiger partial charge in [0.05, 0.1) is 5.02 Å². The minimum atomic E-state index is 0.685. The summed E-state index contributed by atoms with van der Waals surface area (Å²) in [4.78, 5) is 4.16. The highest BCUT2D eigenvalue weighted by Crippen LogP contribution is 2.37. The fourth-order valence-electron chi connectivity index (χ4n) is 1.40. The number of pyridine rings is 1. The van der Waals surface area contributed by atoms with Crippen LogP contribution in [0.15, 0.2) is 18.3 Å². The highest BCUT2D eigenvalue weighted by Gasteiger charge is 2.31. The van der Waals surface area contributed by atoms with Gasteiger partial charge in [0.25, 0.3) is 0 Å². The standard InChI is InChI=1S/C10H13ClN2/c1-7-4-8(7)5-12-10-3-2-9(11)6-13-10/h2-3,6-8H,4-5H2,1H3,(H,12,13). The molecule has 0 radical (unpaired) electrons. The van der Waals surface area contributed by atoms with E-state index in [-0.39, 0.29) is 0 Å². The zero-order valence-electron chi connectivity index (χ0n) is 7.63. The molecule has 1 N–H and O–H groups in total. The van der Waals surface area contributed by atoms with E-state index in [0.29, 0.717) is 5.02 Å². The van der Waals surface area contributed by atoms with Gasteiger partial charge in [0.15, 0.2) is 0 Å². The number of aromatic nitrogens is 1. The quantitative estimate of drug-likeness (QED) is 0.804. The molecule has 0 spiro atoms. The summed E-state index contributed by atoms with van der Waals surface area (Å²) in [5.41, 5.74) is 0. The lowest BCUT2D eigenvalue weighted by Gasteiger charge is -2.03. The van der Waals surface area contributed by atoms with Crippen molar-refractivity contribution >= 4 is 17.4 Å². The Kier molecular flexibility index (Phi) is 2.40. The van der Waals surface area contributed by atoms with Crippen LogP contribution in [0.5, 0.6) is 0 Å². The predicted molar refractivity (Wildman–Crippen MR) is 55.0 cm³/mol. The number of nitrogens with one attached hydrogen (secondary N) is 1. The molecule has 2 rings (SSSR count). The van der Waals surface area contributed by atoms with E-state index >= 15 is 0 Å². The van der Waals surface area contributed by atoms with Gasteiger partial charge in [-0.3, -0.25) is 0 Å². The van der Waals surface area contributed by atoms with Gasteiger partial charge < -0.3 is 5.32 Å². The minimum absolute atomic E-state index is 0.685. The van der Waals surface area contributed by atoms with Crippen molar-refractivity contribution in [3.05, 3.63) is 23.4 Å². The maximum Gasteiger partial charge on any atom is 0.125 e. The summed E-state index contributed by atoms with van der Waals surface area (Å²) in [6.45, 7) is 3.32. The lowest BCUT2D eigenvalue weighted by molar-refractivity contribution is 0.784. The van der Waals surface area contributed by atoms with Crippen LogP contribution in [0.1, 0.15) is 13.3 Å². The molecule has 2 unspecified atom stereocenters. The fourth-order valence-corrected chi connectivity index (χ4v) is 1.51. The van der Waals surface area contributed by atoms with Crippen molar-refractivity contribution in [2.45, 2.75) is 13.3 Å². The molecule has 1 aromatic rings. The van der Waals surface area contributed by atoms with E-state index in [2.05, 4.69) is 17.2 Å². The van der Waals surface area contributed by atoms with Gasteiger partial charge in [-0.05, 0) is 30.4 Å². The van der Waals surface area contributed by atoms with Crippen LogP contribution < -0.4 is 5.32 Å². The van der Waals surface area contributed by atoms with Gasteiger partial charge in [0.2, 0.25) is 0 Å². The molecule has 0 bridgehead atoms. The average molecular weight is 197 g/mol. The number of hydrogen-bond donors (Lipinski definition) is 1. The summed E-state index contributed by atoms with van der Waals surface area (Å²) in [6, 6.07) is 3.77. The predicted octanol–water partition coefficient (Wildman–Crippen LogP) is 2.80. The summed E-state index contributed by atoms with van der Waals surface area (Å²) in [6.07, 6.45) is 3.01. The first-order valence-corrected chi connectivity index (χ1v) is 4.99. The molecule has 70 valence electrons. The van der Waals surface area contributed by atoms with Gasteiger partial charge in [0.1, 0.15) is 5.82 Å². The van der Waals surface area contributed by atoms with Gasteiger partial charge in [-0.2, -0.15) is 0 Å². The Labute approximate surface area is 83.3 Å². The van der Waals surface area contributed by atoms with E-state index in [0.717, 1.165) is 24.2 Å². The number of hydrogen-bond acceptors (Lipinski definition) is 2. The van der Waals surface area contributed by atoms with Crippen molar-refractivity contribution in [1.82, 2.24) is 4.98 Å². The Bertz CT molecular complexity index is 283. The van der Waals surface area contributed by atoms with Crippen molar-refractivity contribution < 1.29 is 0 Å². The molecule has 0 amide bonds. The minimum Gasteiger partial charge on any atom is -0.370 e. The van der Waals surface area contributed by atoms with E-state index in [1.165, 1.54) is 6.42 Å². The van der Waals surface area contributed by atoms with E-state index in [4.69, 9.17) is 11.6 Å². The Hall–Kier alpha value is -0.760. The van der Waals surface area contributed by atoms with Crippen LogP contribution in [-0.4, -0.2) is 11.5 Å². The molecule has 1 aliphatic carbocycles. The second-order valence-electron chi connectivity index (χ2n) is 3.72. The smallest absolute Gasteiger partial charge is 0.125 e. The third-order valence-corrected chi connectivity index (χ3v) is 2.77. The Morgan fingerprint density at radius 3 is 2.92 bits per heavy atom. The summed E-state index contributed by atoms with van der Waals surface area (Å²) < 4.78 is 0.